The molecule has 90 valence electrons. The largest absolute Gasteiger partial charge is 0.348 e. The maximum atomic E-state index is 11.6. The van der Waals surface area contributed by atoms with Crippen molar-refractivity contribution in [2.75, 3.05) is 6.54 Å². The smallest absolute Gasteiger partial charge is 0.261 e. The number of rotatable bonds is 4. The third kappa shape index (κ3) is 3.92. The standard InChI is InChI=1S/C10H14N2O2S.ClH/c1-6(4-11)12-10(14)9-3-8(5-15-9)7(2)13;/h3,5-6H,4,11H2,1-2H3,(H,12,14);1H/t6-;/m1./s1. The molecule has 0 saturated heterocycles. The van der Waals surface area contributed by atoms with Gasteiger partial charge < -0.3 is 11.1 Å². The first-order valence-corrected chi connectivity index (χ1v) is 5.53. The molecule has 0 spiro atoms. The van der Waals surface area contributed by atoms with Crippen LogP contribution in [-0.2, 0) is 0 Å². The van der Waals surface area contributed by atoms with Gasteiger partial charge in [-0.25, -0.2) is 0 Å². The van der Waals surface area contributed by atoms with Gasteiger partial charge in [0, 0.05) is 23.5 Å². The molecule has 0 unspecified atom stereocenters. The summed E-state index contributed by atoms with van der Waals surface area (Å²) in [5, 5.41) is 4.42. The Hall–Kier alpha value is -0.910. The molecule has 1 atom stereocenters. The van der Waals surface area contributed by atoms with E-state index < -0.39 is 0 Å². The summed E-state index contributed by atoms with van der Waals surface area (Å²) in [4.78, 5) is 23.1. The summed E-state index contributed by atoms with van der Waals surface area (Å²) in [6, 6.07) is 1.55. The molecule has 0 aromatic carbocycles. The van der Waals surface area contributed by atoms with Crippen molar-refractivity contribution in [3.63, 3.8) is 0 Å². The molecule has 6 heteroatoms. The van der Waals surface area contributed by atoms with E-state index in [1.807, 2.05) is 6.92 Å². The Morgan fingerprint density at radius 2 is 2.19 bits per heavy atom. The van der Waals surface area contributed by atoms with Crippen LogP contribution in [0.25, 0.3) is 0 Å². The first-order valence-electron chi connectivity index (χ1n) is 4.65. The number of nitrogens with one attached hydrogen (secondary N) is 1. The van der Waals surface area contributed by atoms with Gasteiger partial charge in [-0.15, -0.1) is 23.7 Å². The highest BCUT2D eigenvalue weighted by Gasteiger charge is 2.12. The zero-order valence-electron chi connectivity index (χ0n) is 9.15. The molecule has 0 saturated carbocycles. The van der Waals surface area contributed by atoms with Crippen LogP contribution in [-0.4, -0.2) is 24.3 Å². The number of hydrogen-bond donors (Lipinski definition) is 2. The van der Waals surface area contributed by atoms with Crippen molar-refractivity contribution in [2.24, 2.45) is 5.73 Å². The van der Waals surface area contributed by atoms with E-state index in [1.165, 1.54) is 18.3 Å². The van der Waals surface area contributed by atoms with Crippen molar-refractivity contribution >= 4 is 35.4 Å². The highest BCUT2D eigenvalue weighted by atomic mass is 35.5. The molecule has 0 aliphatic rings. The van der Waals surface area contributed by atoms with E-state index in [1.54, 1.807) is 11.4 Å². The second-order valence-electron chi connectivity index (χ2n) is 3.37. The first-order chi connectivity index (χ1) is 7.04. The van der Waals surface area contributed by atoms with Crippen molar-refractivity contribution in [3.8, 4) is 0 Å². The molecular weight excluding hydrogens is 248 g/mol. The van der Waals surface area contributed by atoms with Crippen LogP contribution < -0.4 is 11.1 Å². The van der Waals surface area contributed by atoms with Crippen LogP contribution in [0, 0.1) is 0 Å². The Morgan fingerprint density at radius 3 is 2.62 bits per heavy atom. The predicted octanol–water partition coefficient (Wildman–Crippen LogP) is 1.45. The highest BCUT2D eigenvalue weighted by Crippen LogP contribution is 2.15. The lowest BCUT2D eigenvalue weighted by Gasteiger charge is -2.09. The number of amides is 1. The summed E-state index contributed by atoms with van der Waals surface area (Å²) < 4.78 is 0. The molecule has 1 aromatic heterocycles. The third-order valence-corrected chi connectivity index (χ3v) is 2.89. The molecule has 1 aromatic rings. The normalized spacial score (nSPS) is 11.4. The summed E-state index contributed by atoms with van der Waals surface area (Å²) in [6.45, 7) is 3.71. The minimum Gasteiger partial charge on any atom is -0.348 e. The average Bonchev–Trinajstić information content (AvgIpc) is 2.66. The van der Waals surface area contributed by atoms with Gasteiger partial charge in [-0.3, -0.25) is 9.59 Å². The van der Waals surface area contributed by atoms with Crippen molar-refractivity contribution in [1.29, 1.82) is 0 Å². The minimum absolute atomic E-state index is 0. The Morgan fingerprint density at radius 1 is 1.56 bits per heavy atom. The van der Waals surface area contributed by atoms with Gasteiger partial charge in [-0.05, 0) is 19.9 Å². The number of carbonyl (C=O) groups excluding carboxylic acids is 2. The fourth-order valence-corrected chi connectivity index (χ4v) is 1.84. The number of halogens is 1. The van der Waals surface area contributed by atoms with E-state index in [2.05, 4.69) is 5.32 Å². The summed E-state index contributed by atoms with van der Waals surface area (Å²) in [5.74, 6) is -0.206. The molecule has 0 aliphatic carbocycles. The van der Waals surface area contributed by atoms with E-state index in [-0.39, 0.29) is 30.1 Å². The summed E-state index contributed by atoms with van der Waals surface area (Å²) >= 11 is 1.26. The van der Waals surface area contributed by atoms with Gasteiger partial charge in [-0.2, -0.15) is 0 Å². The van der Waals surface area contributed by atoms with Crippen LogP contribution in [0.2, 0.25) is 0 Å². The van der Waals surface area contributed by atoms with Crippen LogP contribution in [0.4, 0.5) is 0 Å². The van der Waals surface area contributed by atoms with E-state index in [4.69, 9.17) is 5.73 Å². The minimum atomic E-state index is -0.176. The zero-order valence-corrected chi connectivity index (χ0v) is 10.8. The molecule has 0 fully saturated rings. The van der Waals surface area contributed by atoms with Crippen LogP contribution in [0.5, 0.6) is 0 Å². The summed E-state index contributed by atoms with van der Waals surface area (Å²) in [7, 11) is 0. The monoisotopic (exact) mass is 262 g/mol. The lowest BCUT2D eigenvalue weighted by atomic mass is 10.2. The molecule has 0 aliphatic heterocycles. The summed E-state index contributed by atoms with van der Waals surface area (Å²) in [6.07, 6.45) is 0. The van der Waals surface area contributed by atoms with Crippen LogP contribution >= 0.6 is 23.7 Å². The van der Waals surface area contributed by atoms with Gasteiger partial charge in [0.05, 0.1) is 4.88 Å². The molecule has 4 nitrogen and oxygen atoms in total. The Labute approximate surface area is 105 Å². The number of hydrogen-bond acceptors (Lipinski definition) is 4. The van der Waals surface area contributed by atoms with E-state index in [9.17, 15) is 9.59 Å². The summed E-state index contributed by atoms with van der Waals surface area (Å²) in [5.41, 5.74) is 5.96. The molecule has 1 rings (SSSR count). The predicted molar refractivity (Wildman–Crippen MR) is 67.6 cm³/mol. The van der Waals surface area contributed by atoms with Crippen molar-refractivity contribution in [2.45, 2.75) is 19.9 Å². The SMILES string of the molecule is CC(=O)c1csc(C(=O)N[C@H](C)CN)c1.Cl. The first kappa shape index (κ1) is 15.1. The average molecular weight is 263 g/mol. The van der Waals surface area contributed by atoms with Gasteiger partial charge in [-0.1, -0.05) is 0 Å². The van der Waals surface area contributed by atoms with Gasteiger partial charge in [0.2, 0.25) is 0 Å². The lowest BCUT2D eigenvalue weighted by Crippen LogP contribution is -2.37. The third-order valence-electron chi connectivity index (χ3n) is 1.96. The lowest BCUT2D eigenvalue weighted by molar-refractivity contribution is 0.0945. The quantitative estimate of drug-likeness (QED) is 0.807. The number of ketones is 1. The number of nitrogens with two attached hydrogens (primary N) is 1. The number of thiophene rings is 1. The highest BCUT2D eigenvalue weighted by molar-refractivity contribution is 7.12. The van der Waals surface area contributed by atoms with Crippen LogP contribution in [0.1, 0.15) is 33.9 Å². The maximum Gasteiger partial charge on any atom is 0.261 e. The van der Waals surface area contributed by atoms with Gasteiger partial charge in [0.1, 0.15) is 0 Å². The van der Waals surface area contributed by atoms with Crippen LogP contribution in [0.15, 0.2) is 11.4 Å². The molecule has 16 heavy (non-hydrogen) atoms. The Kier molecular flexibility index (Phi) is 6.25. The van der Waals surface area contributed by atoms with E-state index >= 15 is 0 Å². The number of carbonyl (C=O) groups is 2. The maximum absolute atomic E-state index is 11.6. The topological polar surface area (TPSA) is 72.2 Å². The molecule has 1 amide bonds. The Bertz CT molecular complexity index is 379. The van der Waals surface area contributed by atoms with E-state index in [0.29, 0.717) is 17.0 Å². The van der Waals surface area contributed by atoms with Crippen LogP contribution in [0.3, 0.4) is 0 Å². The number of Topliss-reactive ketones (excluding diaryl/α,β-unsaturated/α-hetero) is 1. The zero-order chi connectivity index (χ0) is 11.4. The Balaban J connectivity index is 0.00000225. The van der Waals surface area contributed by atoms with Crippen molar-refractivity contribution < 1.29 is 9.59 Å². The van der Waals surface area contributed by atoms with Crippen molar-refractivity contribution in [3.05, 3.63) is 21.9 Å². The molecule has 0 bridgehead atoms. The van der Waals surface area contributed by atoms with Gasteiger partial charge >= 0.3 is 0 Å². The van der Waals surface area contributed by atoms with E-state index in [0.717, 1.165) is 0 Å². The molecular formula is C10H15ClN2O2S. The fourth-order valence-electron chi connectivity index (χ4n) is 0.994. The fraction of sp³-hybridized carbons (Fsp3) is 0.400. The van der Waals surface area contributed by atoms with Gasteiger partial charge in [0.15, 0.2) is 5.78 Å². The second kappa shape index (κ2) is 6.62. The molecule has 3 N–H and O–H groups in total. The second-order valence-corrected chi connectivity index (χ2v) is 4.28. The van der Waals surface area contributed by atoms with Gasteiger partial charge in [0.25, 0.3) is 5.91 Å². The van der Waals surface area contributed by atoms with Crippen molar-refractivity contribution in [1.82, 2.24) is 5.32 Å². The molecule has 1 heterocycles. The molecule has 0 radical (unpaired) electrons.